The lowest BCUT2D eigenvalue weighted by molar-refractivity contribution is 0.837. The van der Waals surface area contributed by atoms with Crippen LogP contribution in [0, 0.1) is 0 Å². The highest BCUT2D eigenvalue weighted by Crippen LogP contribution is 2.29. The van der Waals surface area contributed by atoms with E-state index in [9.17, 15) is 0 Å². The van der Waals surface area contributed by atoms with Gasteiger partial charge in [0.1, 0.15) is 0 Å². The number of aromatic nitrogens is 1. The van der Waals surface area contributed by atoms with Crippen LogP contribution in [0.5, 0.6) is 0 Å². The van der Waals surface area contributed by atoms with Crippen LogP contribution in [0.2, 0.25) is 0 Å². The molecule has 1 nitrogen and oxygen atoms in total. The van der Waals surface area contributed by atoms with Gasteiger partial charge in [-0.2, -0.15) is 0 Å². The number of aromatic amines is 1. The Labute approximate surface area is 114 Å². The Morgan fingerprint density at radius 2 is 1.53 bits per heavy atom. The molecule has 0 aliphatic carbocycles. The summed E-state index contributed by atoms with van der Waals surface area (Å²) in [5.41, 5.74) is 3.99. The fourth-order valence-electron chi connectivity index (χ4n) is 2.64. The molecule has 0 saturated heterocycles. The van der Waals surface area contributed by atoms with Crippen LogP contribution >= 0.6 is 0 Å². The van der Waals surface area contributed by atoms with Gasteiger partial charge in [-0.3, -0.25) is 0 Å². The lowest BCUT2D eigenvalue weighted by atomic mass is 9.98. The maximum Gasteiger partial charge on any atom is 0.0535 e. The number of hydrogen-bond acceptors (Lipinski definition) is 0. The molecule has 19 heavy (non-hydrogen) atoms. The predicted molar refractivity (Wildman–Crippen MR) is 84.0 cm³/mol. The highest BCUT2D eigenvalue weighted by molar-refractivity contribution is 6.06. The van der Waals surface area contributed by atoms with Gasteiger partial charge < -0.3 is 4.98 Å². The number of benzene rings is 2. The van der Waals surface area contributed by atoms with E-state index in [0.717, 1.165) is 0 Å². The molecule has 0 bridgehead atoms. The SMILES string of the molecule is CC(C)c1ccc2c(ccc3cc(C(C)C)[nH]c32)c1. The summed E-state index contributed by atoms with van der Waals surface area (Å²) in [5.74, 6) is 1.12. The van der Waals surface area contributed by atoms with Gasteiger partial charge in [0.25, 0.3) is 0 Å². The lowest BCUT2D eigenvalue weighted by Crippen LogP contribution is -1.87. The number of fused-ring (bicyclic) bond motifs is 3. The third-order valence-electron chi connectivity index (χ3n) is 3.95. The molecule has 2 aromatic carbocycles. The van der Waals surface area contributed by atoms with Crippen LogP contribution in [0.1, 0.15) is 50.8 Å². The maximum absolute atomic E-state index is 3.59. The predicted octanol–water partition coefficient (Wildman–Crippen LogP) is 5.57. The van der Waals surface area contributed by atoms with E-state index in [1.54, 1.807) is 0 Å². The molecular weight excluding hydrogens is 230 g/mol. The quantitative estimate of drug-likeness (QED) is 0.613. The minimum Gasteiger partial charge on any atom is -0.358 e. The zero-order valence-corrected chi connectivity index (χ0v) is 12.1. The molecule has 0 atom stereocenters. The topological polar surface area (TPSA) is 15.8 Å². The molecular formula is C18H21N. The van der Waals surface area contributed by atoms with E-state index in [4.69, 9.17) is 0 Å². The van der Waals surface area contributed by atoms with E-state index in [0.29, 0.717) is 11.8 Å². The van der Waals surface area contributed by atoms with Crippen molar-refractivity contribution in [1.29, 1.82) is 0 Å². The van der Waals surface area contributed by atoms with Crippen molar-refractivity contribution in [3.8, 4) is 0 Å². The first-order valence-corrected chi connectivity index (χ1v) is 7.11. The average Bonchev–Trinajstić information content (AvgIpc) is 2.82. The molecule has 0 spiro atoms. The van der Waals surface area contributed by atoms with Crippen LogP contribution < -0.4 is 0 Å². The van der Waals surface area contributed by atoms with Crippen LogP contribution in [0.3, 0.4) is 0 Å². The van der Waals surface area contributed by atoms with Crippen LogP contribution in [-0.2, 0) is 0 Å². The molecule has 0 saturated carbocycles. The summed E-state index contributed by atoms with van der Waals surface area (Å²) in [5, 5.41) is 3.97. The fourth-order valence-corrected chi connectivity index (χ4v) is 2.64. The number of hydrogen-bond donors (Lipinski definition) is 1. The van der Waals surface area contributed by atoms with Crippen LogP contribution in [0.15, 0.2) is 36.4 Å². The zero-order chi connectivity index (χ0) is 13.6. The summed E-state index contributed by atoms with van der Waals surface area (Å²) >= 11 is 0. The number of nitrogens with one attached hydrogen (secondary N) is 1. The van der Waals surface area contributed by atoms with Gasteiger partial charge in [-0.15, -0.1) is 0 Å². The largest absolute Gasteiger partial charge is 0.358 e. The summed E-state index contributed by atoms with van der Waals surface area (Å²) in [6, 6.07) is 13.6. The molecule has 3 aromatic rings. The minimum atomic E-state index is 0.539. The van der Waals surface area contributed by atoms with Crippen molar-refractivity contribution in [3.05, 3.63) is 47.7 Å². The van der Waals surface area contributed by atoms with Crippen molar-refractivity contribution in [2.45, 2.75) is 39.5 Å². The van der Waals surface area contributed by atoms with E-state index < -0.39 is 0 Å². The summed E-state index contributed by atoms with van der Waals surface area (Å²) in [4.78, 5) is 3.59. The monoisotopic (exact) mass is 251 g/mol. The molecule has 0 aliphatic heterocycles. The van der Waals surface area contributed by atoms with Gasteiger partial charge in [0.2, 0.25) is 0 Å². The first kappa shape index (κ1) is 12.3. The van der Waals surface area contributed by atoms with E-state index in [2.05, 4.69) is 69.1 Å². The van der Waals surface area contributed by atoms with E-state index in [-0.39, 0.29) is 0 Å². The Morgan fingerprint density at radius 3 is 2.21 bits per heavy atom. The highest BCUT2D eigenvalue weighted by atomic mass is 14.7. The first-order chi connectivity index (χ1) is 9.06. The standard InChI is InChI=1S/C18H21N/c1-11(2)13-7-8-16-14(9-13)5-6-15-10-17(12(3)4)19-18(15)16/h5-12,19H,1-4H3. The maximum atomic E-state index is 3.59. The molecule has 1 heterocycles. The smallest absolute Gasteiger partial charge is 0.0535 e. The molecule has 0 fully saturated rings. The molecule has 1 aromatic heterocycles. The second kappa shape index (κ2) is 4.41. The molecule has 3 rings (SSSR count). The molecule has 98 valence electrons. The van der Waals surface area contributed by atoms with Gasteiger partial charge in [0, 0.05) is 16.5 Å². The fraction of sp³-hybridized carbons (Fsp3) is 0.333. The molecule has 0 aliphatic rings. The first-order valence-electron chi connectivity index (χ1n) is 7.11. The van der Waals surface area contributed by atoms with Gasteiger partial charge in [-0.25, -0.2) is 0 Å². The molecule has 1 N–H and O–H groups in total. The summed E-state index contributed by atoms with van der Waals surface area (Å²) in [7, 11) is 0. The number of rotatable bonds is 2. The molecule has 0 amide bonds. The Bertz CT molecular complexity index is 732. The lowest BCUT2D eigenvalue weighted by Gasteiger charge is -2.07. The van der Waals surface area contributed by atoms with Crippen molar-refractivity contribution in [1.82, 2.24) is 4.98 Å². The van der Waals surface area contributed by atoms with Crippen LogP contribution in [0.4, 0.5) is 0 Å². The molecule has 0 radical (unpaired) electrons. The van der Waals surface area contributed by atoms with E-state index in [1.807, 2.05) is 0 Å². The summed E-state index contributed by atoms with van der Waals surface area (Å²) < 4.78 is 0. The third kappa shape index (κ3) is 2.03. The van der Waals surface area contributed by atoms with Crippen LogP contribution in [-0.4, -0.2) is 4.98 Å². The van der Waals surface area contributed by atoms with Gasteiger partial charge in [0.15, 0.2) is 0 Å². The second-order valence-electron chi connectivity index (χ2n) is 6.04. The van der Waals surface area contributed by atoms with Crippen molar-refractivity contribution in [2.75, 3.05) is 0 Å². The normalized spacial score (nSPS) is 12.1. The van der Waals surface area contributed by atoms with Crippen LogP contribution in [0.25, 0.3) is 21.7 Å². The highest BCUT2D eigenvalue weighted by Gasteiger charge is 2.08. The average molecular weight is 251 g/mol. The van der Waals surface area contributed by atoms with E-state index >= 15 is 0 Å². The van der Waals surface area contributed by atoms with Gasteiger partial charge in [0.05, 0.1) is 5.52 Å². The van der Waals surface area contributed by atoms with Gasteiger partial charge in [-0.05, 0) is 28.9 Å². The molecule has 1 heteroatoms. The Hall–Kier alpha value is -1.76. The Kier molecular flexibility index (Phi) is 2.85. The van der Waals surface area contributed by atoms with Crippen molar-refractivity contribution < 1.29 is 0 Å². The Balaban J connectivity index is 2.28. The molecule has 0 unspecified atom stereocenters. The summed E-state index contributed by atoms with van der Waals surface area (Å²) in [6.07, 6.45) is 0. The minimum absolute atomic E-state index is 0.539. The van der Waals surface area contributed by atoms with Crippen molar-refractivity contribution >= 4 is 21.7 Å². The van der Waals surface area contributed by atoms with Crippen molar-refractivity contribution in [3.63, 3.8) is 0 Å². The zero-order valence-electron chi connectivity index (χ0n) is 12.1. The van der Waals surface area contributed by atoms with Gasteiger partial charge >= 0.3 is 0 Å². The van der Waals surface area contributed by atoms with Crippen molar-refractivity contribution in [2.24, 2.45) is 0 Å². The number of H-pyrrole nitrogens is 1. The Morgan fingerprint density at radius 1 is 0.789 bits per heavy atom. The second-order valence-corrected chi connectivity index (χ2v) is 6.04. The van der Waals surface area contributed by atoms with Gasteiger partial charge in [-0.1, -0.05) is 58.0 Å². The van der Waals surface area contributed by atoms with E-state index in [1.165, 1.54) is 32.9 Å². The summed E-state index contributed by atoms with van der Waals surface area (Å²) in [6.45, 7) is 8.93. The third-order valence-corrected chi connectivity index (χ3v) is 3.95.